The van der Waals surface area contributed by atoms with Gasteiger partial charge in [-0.2, -0.15) is 5.10 Å². The second kappa shape index (κ2) is 8.31. The molecule has 31 heavy (non-hydrogen) atoms. The maximum Gasteiger partial charge on any atom is 0.305 e. The number of carbonyl (C=O) groups is 2. The van der Waals surface area contributed by atoms with Crippen LogP contribution in [0.5, 0.6) is 5.75 Å². The van der Waals surface area contributed by atoms with Crippen molar-refractivity contribution < 1.29 is 18.7 Å². The molecule has 9 heteroatoms. The Morgan fingerprint density at radius 1 is 1.06 bits per heavy atom. The third-order valence-corrected chi connectivity index (χ3v) is 4.64. The summed E-state index contributed by atoms with van der Waals surface area (Å²) < 4.78 is 12.7. The molecule has 0 radical (unpaired) electrons. The van der Waals surface area contributed by atoms with E-state index in [1.165, 1.54) is 6.07 Å². The van der Waals surface area contributed by atoms with Crippen molar-refractivity contribution in [1.29, 1.82) is 0 Å². The molecule has 4 rings (SSSR count). The van der Waals surface area contributed by atoms with Crippen LogP contribution in [0.15, 0.2) is 52.9 Å². The van der Waals surface area contributed by atoms with E-state index in [1.54, 1.807) is 37.7 Å². The molecule has 3 aromatic heterocycles. The van der Waals surface area contributed by atoms with E-state index in [9.17, 15) is 9.59 Å². The zero-order chi connectivity index (χ0) is 22.0. The molecular formula is C22H21N5O4. The van der Waals surface area contributed by atoms with E-state index in [2.05, 4.69) is 20.9 Å². The van der Waals surface area contributed by atoms with Gasteiger partial charge in [-0.25, -0.2) is 4.98 Å². The topological polar surface area (TPSA) is 111 Å². The van der Waals surface area contributed by atoms with Gasteiger partial charge in [0.2, 0.25) is 0 Å². The summed E-state index contributed by atoms with van der Waals surface area (Å²) in [4.78, 5) is 29.5. The lowest BCUT2D eigenvalue weighted by atomic mass is 10.1. The zero-order valence-electron chi connectivity index (χ0n) is 17.3. The number of amides is 2. The SMILES string of the molecule is Cc1cc(C(=O)NNC(=O)c2ccc(COc3ccccc3)o2)c2c(C)nn(C)c2n1. The number of ether oxygens (including phenoxy) is 1. The first-order valence-corrected chi connectivity index (χ1v) is 9.60. The summed E-state index contributed by atoms with van der Waals surface area (Å²) in [6, 6.07) is 14.1. The number of para-hydroxylation sites is 1. The highest BCUT2D eigenvalue weighted by Crippen LogP contribution is 2.21. The van der Waals surface area contributed by atoms with Gasteiger partial charge in [-0.1, -0.05) is 18.2 Å². The van der Waals surface area contributed by atoms with Crippen LogP contribution in [-0.2, 0) is 13.7 Å². The van der Waals surface area contributed by atoms with Crippen molar-refractivity contribution in [3.05, 3.63) is 77.0 Å². The Morgan fingerprint density at radius 2 is 1.81 bits per heavy atom. The van der Waals surface area contributed by atoms with Gasteiger partial charge >= 0.3 is 5.91 Å². The van der Waals surface area contributed by atoms with Gasteiger partial charge in [0.1, 0.15) is 18.1 Å². The summed E-state index contributed by atoms with van der Waals surface area (Å²) in [6.45, 7) is 3.77. The van der Waals surface area contributed by atoms with Gasteiger partial charge in [0, 0.05) is 12.7 Å². The van der Waals surface area contributed by atoms with Crippen LogP contribution < -0.4 is 15.6 Å². The highest BCUT2D eigenvalue weighted by atomic mass is 16.5. The van der Waals surface area contributed by atoms with Gasteiger partial charge in [-0.3, -0.25) is 25.1 Å². The number of nitrogens with zero attached hydrogens (tertiary/aromatic N) is 3. The summed E-state index contributed by atoms with van der Waals surface area (Å²) >= 11 is 0. The largest absolute Gasteiger partial charge is 0.486 e. The molecule has 3 heterocycles. The zero-order valence-corrected chi connectivity index (χ0v) is 17.3. The van der Waals surface area contributed by atoms with Gasteiger partial charge in [-0.15, -0.1) is 0 Å². The normalized spacial score (nSPS) is 10.8. The molecule has 0 bridgehead atoms. The minimum Gasteiger partial charge on any atom is -0.486 e. The Balaban J connectivity index is 1.41. The molecule has 2 amide bonds. The quantitative estimate of drug-likeness (QED) is 0.481. The Morgan fingerprint density at radius 3 is 2.58 bits per heavy atom. The molecule has 0 saturated heterocycles. The predicted molar refractivity (Wildman–Crippen MR) is 112 cm³/mol. The lowest BCUT2D eigenvalue weighted by Crippen LogP contribution is -2.41. The number of nitrogens with one attached hydrogen (secondary N) is 2. The fourth-order valence-corrected chi connectivity index (χ4v) is 3.24. The number of aromatic nitrogens is 3. The summed E-state index contributed by atoms with van der Waals surface area (Å²) in [6.07, 6.45) is 0. The highest BCUT2D eigenvalue weighted by molar-refractivity contribution is 6.07. The Hall–Kier alpha value is -4.14. The van der Waals surface area contributed by atoms with E-state index in [-0.39, 0.29) is 12.4 Å². The average Bonchev–Trinajstić information content (AvgIpc) is 3.35. The van der Waals surface area contributed by atoms with Crippen molar-refractivity contribution in [1.82, 2.24) is 25.6 Å². The molecule has 0 unspecified atom stereocenters. The summed E-state index contributed by atoms with van der Waals surface area (Å²) in [5, 5.41) is 4.96. The maximum atomic E-state index is 12.7. The number of furan rings is 1. The Bertz CT molecular complexity index is 1260. The van der Waals surface area contributed by atoms with Crippen LogP contribution in [0.3, 0.4) is 0 Å². The minimum absolute atomic E-state index is 0.0561. The number of hydrogen-bond acceptors (Lipinski definition) is 6. The van der Waals surface area contributed by atoms with E-state index in [4.69, 9.17) is 9.15 Å². The van der Waals surface area contributed by atoms with Crippen molar-refractivity contribution in [2.75, 3.05) is 0 Å². The number of hydrazine groups is 1. The van der Waals surface area contributed by atoms with Crippen LogP contribution in [0.25, 0.3) is 11.0 Å². The van der Waals surface area contributed by atoms with Crippen molar-refractivity contribution in [2.45, 2.75) is 20.5 Å². The van der Waals surface area contributed by atoms with Crippen molar-refractivity contribution >= 4 is 22.8 Å². The van der Waals surface area contributed by atoms with E-state index < -0.39 is 11.8 Å². The van der Waals surface area contributed by atoms with Crippen LogP contribution >= 0.6 is 0 Å². The van der Waals surface area contributed by atoms with E-state index in [0.29, 0.717) is 39.5 Å². The number of benzene rings is 1. The Kier molecular flexibility index (Phi) is 5.40. The number of aryl methyl sites for hydroxylation is 3. The molecule has 158 valence electrons. The number of hydrogen-bond donors (Lipinski definition) is 2. The Labute approximate surface area is 178 Å². The molecule has 0 aliphatic rings. The van der Waals surface area contributed by atoms with Crippen LogP contribution in [0.2, 0.25) is 0 Å². The van der Waals surface area contributed by atoms with E-state index >= 15 is 0 Å². The van der Waals surface area contributed by atoms with Crippen LogP contribution in [0.4, 0.5) is 0 Å². The summed E-state index contributed by atoms with van der Waals surface area (Å²) in [5.74, 6) is 0.184. The molecule has 0 atom stereocenters. The third kappa shape index (κ3) is 4.25. The summed E-state index contributed by atoms with van der Waals surface area (Å²) in [7, 11) is 1.77. The molecule has 9 nitrogen and oxygen atoms in total. The lowest BCUT2D eigenvalue weighted by molar-refractivity contribution is 0.0829. The maximum absolute atomic E-state index is 12.7. The van der Waals surface area contributed by atoms with Gasteiger partial charge in [0.05, 0.1) is 16.6 Å². The van der Waals surface area contributed by atoms with Crippen LogP contribution in [0, 0.1) is 13.8 Å². The van der Waals surface area contributed by atoms with Gasteiger partial charge in [0.25, 0.3) is 5.91 Å². The molecule has 0 fully saturated rings. The number of rotatable bonds is 5. The summed E-state index contributed by atoms with van der Waals surface area (Å²) in [5.41, 5.74) is 7.12. The van der Waals surface area contributed by atoms with E-state index in [0.717, 1.165) is 0 Å². The van der Waals surface area contributed by atoms with E-state index in [1.807, 2.05) is 30.3 Å². The first kappa shape index (κ1) is 20.1. The van der Waals surface area contributed by atoms with Crippen LogP contribution in [0.1, 0.15) is 38.1 Å². The molecule has 1 aromatic carbocycles. The highest BCUT2D eigenvalue weighted by Gasteiger charge is 2.19. The molecule has 2 N–H and O–H groups in total. The molecule has 0 aliphatic carbocycles. The minimum atomic E-state index is -0.579. The second-order valence-electron chi connectivity index (χ2n) is 6.99. The first-order valence-electron chi connectivity index (χ1n) is 9.60. The third-order valence-electron chi connectivity index (χ3n) is 4.64. The van der Waals surface area contributed by atoms with Crippen molar-refractivity contribution in [3.8, 4) is 5.75 Å². The average molecular weight is 419 g/mol. The fraction of sp³-hybridized carbons (Fsp3) is 0.182. The fourth-order valence-electron chi connectivity index (χ4n) is 3.24. The smallest absolute Gasteiger partial charge is 0.305 e. The lowest BCUT2D eigenvalue weighted by Gasteiger charge is -2.08. The predicted octanol–water partition coefficient (Wildman–Crippen LogP) is 2.83. The monoisotopic (exact) mass is 419 g/mol. The standard InChI is InChI=1S/C22H21N5O4/c1-13-11-17(19-14(2)26-27(3)20(19)23-13)21(28)24-25-22(29)18-10-9-16(31-18)12-30-15-7-5-4-6-8-15/h4-11H,12H2,1-3H3,(H,24,28)(H,25,29). The first-order chi connectivity index (χ1) is 14.9. The molecule has 4 aromatic rings. The molecule has 0 saturated carbocycles. The van der Waals surface area contributed by atoms with Gasteiger partial charge < -0.3 is 9.15 Å². The van der Waals surface area contributed by atoms with Crippen LogP contribution in [-0.4, -0.2) is 26.6 Å². The van der Waals surface area contributed by atoms with Gasteiger partial charge in [-0.05, 0) is 44.2 Å². The number of pyridine rings is 1. The molecular weight excluding hydrogens is 398 g/mol. The number of carbonyl (C=O) groups excluding carboxylic acids is 2. The van der Waals surface area contributed by atoms with Crippen molar-refractivity contribution in [3.63, 3.8) is 0 Å². The molecule has 0 aliphatic heterocycles. The second-order valence-corrected chi connectivity index (χ2v) is 6.99. The molecule has 0 spiro atoms. The van der Waals surface area contributed by atoms with Crippen molar-refractivity contribution in [2.24, 2.45) is 7.05 Å². The van der Waals surface area contributed by atoms with Gasteiger partial charge in [0.15, 0.2) is 11.4 Å². The number of fused-ring (bicyclic) bond motifs is 1.